The molecule has 1 fully saturated rings. The van der Waals surface area contributed by atoms with Gasteiger partial charge in [-0.2, -0.15) is 0 Å². The molecule has 6 heteroatoms. The number of nitrogens with one attached hydrogen (secondary N) is 1. The van der Waals surface area contributed by atoms with Crippen LogP contribution in [0.4, 0.5) is 9.18 Å². The number of amides is 2. The smallest absolute Gasteiger partial charge is 0.317 e. The van der Waals surface area contributed by atoms with Crippen LogP contribution in [-0.4, -0.2) is 51.0 Å². The number of hydrogen-bond donors (Lipinski definition) is 1. The summed E-state index contributed by atoms with van der Waals surface area (Å²) in [6.07, 6.45) is 1.88. The Hall–Kier alpha value is -1.66. The number of nitrogens with zero attached hydrogens (tertiary/aromatic N) is 1. The highest BCUT2D eigenvalue weighted by Crippen LogP contribution is 2.30. The second-order valence-corrected chi connectivity index (χ2v) is 6.63. The van der Waals surface area contributed by atoms with Gasteiger partial charge in [-0.25, -0.2) is 9.18 Å². The Morgan fingerprint density at radius 1 is 1.42 bits per heavy atom. The van der Waals surface area contributed by atoms with Crippen LogP contribution in [0.3, 0.4) is 0 Å². The summed E-state index contributed by atoms with van der Waals surface area (Å²) in [5.41, 5.74) is 0.801. The molecule has 2 rings (SSSR count). The van der Waals surface area contributed by atoms with Crippen molar-refractivity contribution in [3.63, 3.8) is 0 Å². The molecule has 1 aromatic carbocycles. The summed E-state index contributed by atoms with van der Waals surface area (Å²) in [6.45, 7) is 5.64. The summed E-state index contributed by atoms with van der Waals surface area (Å²) in [4.78, 5) is 14.3. The highest BCUT2D eigenvalue weighted by molar-refractivity contribution is 5.74. The number of ether oxygens (including phenoxy) is 2. The minimum Gasteiger partial charge on any atom is -0.383 e. The third-order valence-electron chi connectivity index (χ3n) is 4.46. The molecule has 1 aliphatic heterocycles. The fourth-order valence-electron chi connectivity index (χ4n) is 2.87. The zero-order valence-corrected chi connectivity index (χ0v) is 14.5. The number of urea groups is 1. The van der Waals surface area contributed by atoms with E-state index in [4.69, 9.17) is 9.47 Å². The van der Waals surface area contributed by atoms with Gasteiger partial charge in [0.05, 0.1) is 6.61 Å². The molecule has 1 saturated heterocycles. The molecule has 0 bridgehead atoms. The van der Waals surface area contributed by atoms with Crippen molar-refractivity contribution in [1.29, 1.82) is 0 Å². The second kappa shape index (κ2) is 8.99. The van der Waals surface area contributed by atoms with Gasteiger partial charge in [-0.1, -0.05) is 19.1 Å². The number of halogens is 1. The normalized spacial score (nSPS) is 16.6. The van der Waals surface area contributed by atoms with Gasteiger partial charge in [0.25, 0.3) is 0 Å². The molecule has 5 nitrogen and oxygen atoms in total. The molecular weight excluding hydrogens is 311 g/mol. The van der Waals surface area contributed by atoms with E-state index in [1.807, 2.05) is 0 Å². The van der Waals surface area contributed by atoms with E-state index in [0.29, 0.717) is 26.2 Å². The minimum atomic E-state index is -0.298. The van der Waals surface area contributed by atoms with Crippen LogP contribution in [0, 0.1) is 11.2 Å². The number of carbonyl (C=O) groups is 1. The summed E-state index contributed by atoms with van der Waals surface area (Å²) in [6, 6.07) is 6.11. The zero-order chi connectivity index (χ0) is 17.4. The molecule has 0 spiro atoms. The highest BCUT2D eigenvalue weighted by Gasteiger charge is 2.31. The SMILES string of the molecule is COCCN(CC1(C)CCOCC1)C(=O)NCc1cccc(F)c1. The first-order chi connectivity index (χ1) is 11.5. The summed E-state index contributed by atoms with van der Waals surface area (Å²) in [5, 5.41) is 2.88. The molecule has 1 N–H and O–H groups in total. The Morgan fingerprint density at radius 3 is 2.83 bits per heavy atom. The summed E-state index contributed by atoms with van der Waals surface area (Å²) in [5.74, 6) is -0.298. The van der Waals surface area contributed by atoms with Crippen molar-refractivity contribution >= 4 is 6.03 Å². The average Bonchev–Trinajstić information content (AvgIpc) is 2.57. The van der Waals surface area contributed by atoms with Crippen LogP contribution in [0.15, 0.2) is 24.3 Å². The Balaban J connectivity index is 1.93. The van der Waals surface area contributed by atoms with Crippen LogP contribution in [-0.2, 0) is 16.0 Å². The van der Waals surface area contributed by atoms with Gasteiger partial charge < -0.3 is 19.7 Å². The average molecular weight is 338 g/mol. The maximum Gasteiger partial charge on any atom is 0.317 e. The van der Waals surface area contributed by atoms with E-state index in [0.717, 1.165) is 31.6 Å². The molecular formula is C18H27FN2O3. The second-order valence-electron chi connectivity index (χ2n) is 6.63. The first-order valence-electron chi connectivity index (χ1n) is 8.36. The van der Waals surface area contributed by atoms with Crippen molar-refractivity contribution in [2.24, 2.45) is 5.41 Å². The maximum absolute atomic E-state index is 13.2. The molecule has 0 saturated carbocycles. The summed E-state index contributed by atoms with van der Waals surface area (Å²) >= 11 is 0. The van der Waals surface area contributed by atoms with E-state index in [1.165, 1.54) is 12.1 Å². The van der Waals surface area contributed by atoms with E-state index in [2.05, 4.69) is 12.2 Å². The molecule has 24 heavy (non-hydrogen) atoms. The van der Waals surface area contributed by atoms with Crippen molar-refractivity contribution in [3.05, 3.63) is 35.6 Å². The first-order valence-corrected chi connectivity index (χ1v) is 8.36. The molecule has 1 aliphatic rings. The number of carbonyl (C=O) groups excluding carboxylic acids is 1. The molecule has 0 radical (unpaired) electrons. The fraction of sp³-hybridized carbons (Fsp3) is 0.611. The maximum atomic E-state index is 13.2. The fourth-order valence-corrected chi connectivity index (χ4v) is 2.87. The lowest BCUT2D eigenvalue weighted by molar-refractivity contribution is 0.00805. The van der Waals surface area contributed by atoms with E-state index in [9.17, 15) is 9.18 Å². The predicted molar refractivity (Wildman–Crippen MR) is 90.2 cm³/mol. The van der Waals surface area contributed by atoms with Crippen molar-refractivity contribution < 1.29 is 18.7 Å². The molecule has 1 aromatic rings. The topological polar surface area (TPSA) is 50.8 Å². The van der Waals surface area contributed by atoms with Gasteiger partial charge in [0.1, 0.15) is 5.82 Å². The first kappa shape index (κ1) is 18.7. The van der Waals surface area contributed by atoms with Crippen molar-refractivity contribution in [2.45, 2.75) is 26.3 Å². The number of rotatable bonds is 7. The van der Waals surface area contributed by atoms with E-state index in [1.54, 1.807) is 24.1 Å². The molecule has 0 aliphatic carbocycles. The lowest BCUT2D eigenvalue weighted by atomic mass is 9.82. The molecule has 134 valence electrons. The Morgan fingerprint density at radius 2 is 2.17 bits per heavy atom. The Bertz CT molecular complexity index is 533. The number of methoxy groups -OCH3 is 1. The monoisotopic (exact) mass is 338 g/mol. The zero-order valence-electron chi connectivity index (χ0n) is 14.5. The molecule has 0 unspecified atom stereocenters. The minimum absolute atomic E-state index is 0.0577. The summed E-state index contributed by atoms with van der Waals surface area (Å²) in [7, 11) is 1.62. The molecule has 1 heterocycles. The van der Waals surface area contributed by atoms with Gasteiger partial charge in [0, 0.05) is 40.0 Å². The molecule has 0 aromatic heterocycles. The van der Waals surface area contributed by atoms with Crippen LogP contribution in [0.25, 0.3) is 0 Å². The Kier molecular flexibility index (Phi) is 6.99. The van der Waals surface area contributed by atoms with Gasteiger partial charge in [-0.15, -0.1) is 0 Å². The van der Waals surface area contributed by atoms with Crippen LogP contribution >= 0.6 is 0 Å². The molecule has 2 amide bonds. The van der Waals surface area contributed by atoms with Crippen LogP contribution in [0.1, 0.15) is 25.3 Å². The van der Waals surface area contributed by atoms with Gasteiger partial charge in [-0.3, -0.25) is 0 Å². The standard InChI is InChI=1S/C18H27FN2O3/c1-18(6-9-24-10-7-18)14-21(8-11-23-2)17(22)20-13-15-4-3-5-16(19)12-15/h3-5,12H,6-11,13-14H2,1-2H3,(H,20,22). The van der Waals surface area contributed by atoms with Gasteiger partial charge >= 0.3 is 6.03 Å². The molecule has 0 atom stereocenters. The van der Waals surface area contributed by atoms with Crippen molar-refractivity contribution in [3.8, 4) is 0 Å². The summed E-state index contributed by atoms with van der Waals surface area (Å²) < 4.78 is 23.8. The van der Waals surface area contributed by atoms with Gasteiger partial charge in [-0.05, 0) is 36.0 Å². The van der Waals surface area contributed by atoms with Crippen LogP contribution in [0.2, 0.25) is 0 Å². The highest BCUT2D eigenvalue weighted by atomic mass is 19.1. The van der Waals surface area contributed by atoms with Crippen LogP contribution in [0.5, 0.6) is 0 Å². The van der Waals surface area contributed by atoms with Gasteiger partial charge in [0.15, 0.2) is 0 Å². The van der Waals surface area contributed by atoms with Gasteiger partial charge in [0.2, 0.25) is 0 Å². The lowest BCUT2D eigenvalue weighted by Gasteiger charge is -2.38. The van der Waals surface area contributed by atoms with E-state index in [-0.39, 0.29) is 17.3 Å². The third-order valence-corrected chi connectivity index (χ3v) is 4.46. The largest absolute Gasteiger partial charge is 0.383 e. The number of hydrogen-bond acceptors (Lipinski definition) is 3. The van der Waals surface area contributed by atoms with Crippen molar-refractivity contribution in [1.82, 2.24) is 10.2 Å². The number of benzene rings is 1. The predicted octanol–water partition coefficient (Wildman–Crippen LogP) is 2.80. The lowest BCUT2D eigenvalue weighted by Crippen LogP contribution is -2.47. The van der Waals surface area contributed by atoms with Crippen molar-refractivity contribution in [2.75, 3.05) is 40.0 Å². The quantitative estimate of drug-likeness (QED) is 0.832. The van der Waals surface area contributed by atoms with E-state index < -0.39 is 0 Å². The Labute approximate surface area is 143 Å². The van der Waals surface area contributed by atoms with E-state index >= 15 is 0 Å². The third kappa shape index (κ3) is 5.76. The van der Waals surface area contributed by atoms with Crippen LogP contribution < -0.4 is 5.32 Å².